The molecule has 1 fully saturated rings. The Morgan fingerprint density at radius 1 is 1.38 bits per heavy atom. The van der Waals surface area contributed by atoms with Gasteiger partial charge in [0.05, 0.1) is 36.4 Å². The molecule has 2 heterocycles. The van der Waals surface area contributed by atoms with Crippen molar-refractivity contribution in [2.24, 2.45) is 5.73 Å². The maximum Gasteiger partial charge on any atom is 0.275 e. The second kappa shape index (κ2) is 8.88. The molecule has 1 amide bonds. The molecule has 7 nitrogen and oxygen atoms in total. The summed E-state index contributed by atoms with van der Waals surface area (Å²) in [6.07, 6.45) is 3.14. The minimum Gasteiger partial charge on any atom is -0.496 e. The highest BCUT2D eigenvalue weighted by atomic mass is 35.5. The maximum atomic E-state index is 14.5. The Hall–Kier alpha value is -2.97. The molecule has 0 aliphatic carbocycles. The van der Waals surface area contributed by atoms with Crippen LogP contribution in [0.1, 0.15) is 25.3 Å². The van der Waals surface area contributed by atoms with Gasteiger partial charge in [0.1, 0.15) is 24.4 Å². The molecule has 0 bridgehead atoms. The monoisotopic (exact) mass is 458 g/mol. The lowest BCUT2D eigenvalue weighted by Crippen LogP contribution is -2.55. The number of primary amides is 1. The Labute approximate surface area is 190 Å². The van der Waals surface area contributed by atoms with Gasteiger partial charge in [0.15, 0.2) is 11.9 Å². The summed E-state index contributed by atoms with van der Waals surface area (Å²) in [5.41, 5.74) is 7.53. The van der Waals surface area contributed by atoms with Gasteiger partial charge in [-0.05, 0) is 25.1 Å². The van der Waals surface area contributed by atoms with Crippen LogP contribution in [-0.2, 0) is 11.3 Å². The second-order valence-electron chi connectivity index (χ2n) is 8.11. The first-order valence-corrected chi connectivity index (χ1v) is 10.9. The summed E-state index contributed by atoms with van der Waals surface area (Å²) in [5, 5.41) is 3.77. The van der Waals surface area contributed by atoms with Gasteiger partial charge >= 0.3 is 0 Å². The van der Waals surface area contributed by atoms with Crippen molar-refractivity contribution >= 4 is 39.9 Å². The molecule has 1 aliphatic rings. The van der Waals surface area contributed by atoms with Crippen LogP contribution in [-0.4, -0.2) is 46.6 Å². The van der Waals surface area contributed by atoms with Gasteiger partial charge in [0.2, 0.25) is 0 Å². The number of carbonyl (C=O) groups is 1. The number of hydrogen-bond acceptors (Lipinski definition) is 5. The number of methoxy groups -OCH3 is 1. The van der Waals surface area contributed by atoms with Crippen LogP contribution < -0.4 is 15.8 Å². The maximum absolute atomic E-state index is 14.5. The number of nitrogens with zero attached hydrogens (tertiary/aromatic N) is 3. The Kier molecular flexibility index (Phi) is 6.17. The van der Waals surface area contributed by atoms with E-state index in [1.807, 2.05) is 12.1 Å². The highest BCUT2D eigenvalue weighted by Crippen LogP contribution is 2.36. The number of benzene rings is 2. The number of halogens is 2. The molecule has 32 heavy (non-hydrogen) atoms. The zero-order valence-electron chi connectivity index (χ0n) is 18.1. The third-order valence-electron chi connectivity index (χ3n) is 6.43. The van der Waals surface area contributed by atoms with E-state index in [9.17, 15) is 9.18 Å². The van der Waals surface area contributed by atoms with Crippen LogP contribution in [0.5, 0.6) is 5.75 Å². The van der Waals surface area contributed by atoms with Gasteiger partial charge in [0.25, 0.3) is 5.91 Å². The number of fused-ring (bicyclic) bond motifs is 1. The van der Waals surface area contributed by atoms with Crippen molar-refractivity contribution in [3.63, 3.8) is 0 Å². The number of likely N-dealkylation sites (tertiary alicyclic amines) is 1. The molecule has 0 radical (unpaired) electrons. The van der Waals surface area contributed by atoms with Crippen molar-refractivity contribution in [1.29, 1.82) is 0 Å². The Morgan fingerprint density at radius 3 is 2.91 bits per heavy atom. The van der Waals surface area contributed by atoms with Gasteiger partial charge in [0, 0.05) is 29.9 Å². The molecule has 0 spiro atoms. The van der Waals surface area contributed by atoms with Crippen LogP contribution in [0.3, 0.4) is 0 Å². The number of aromatic nitrogens is 2. The van der Waals surface area contributed by atoms with E-state index in [1.165, 1.54) is 12.4 Å². The van der Waals surface area contributed by atoms with Crippen molar-refractivity contribution in [1.82, 2.24) is 9.97 Å². The van der Waals surface area contributed by atoms with Crippen molar-refractivity contribution < 1.29 is 18.4 Å². The average Bonchev–Trinajstić information content (AvgIpc) is 3.21. The van der Waals surface area contributed by atoms with Gasteiger partial charge in [-0.25, -0.2) is 14.4 Å². The molecule has 1 unspecified atom stereocenters. The first kappa shape index (κ1) is 22.2. The van der Waals surface area contributed by atoms with E-state index in [1.54, 1.807) is 19.2 Å². The normalized spacial score (nSPS) is 20.4. The highest BCUT2D eigenvalue weighted by molar-refractivity contribution is 6.31. The van der Waals surface area contributed by atoms with E-state index in [4.69, 9.17) is 22.1 Å². The zero-order valence-corrected chi connectivity index (χ0v) is 18.8. The smallest absolute Gasteiger partial charge is 0.275 e. The first-order valence-electron chi connectivity index (χ1n) is 10.6. The van der Waals surface area contributed by atoms with Crippen LogP contribution in [0, 0.1) is 5.82 Å². The van der Waals surface area contributed by atoms with Crippen molar-refractivity contribution in [2.45, 2.75) is 32.4 Å². The molecule has 1 saturated heterocycles. The third-order valence-corrected chi connectivity index (χ3v) is 6.72. The summed E-state index contributed by atoms with van der Waals surface area (Å²) in [5.74, 6) is 0.311. The van der Waals surface area contributed by atoms with Gasteiger partial charge < -0.3 is 20.3 Å². The summed E-state index contributed by atoms with van der Waals surface area (Å²) in [6.45, 7) is 4.31. The van der Waals surface area contributed by atoms with Crippen LogP contribution in [0.4, 0.5) is 15.9 Å². The van der Waals surface area contributed by atoms with E-state index < -0.39 is 5.82 Å². The first-order chi connectivity index (χ1) is 15.4. The minimum atomic E-state index is -0.550. The summed E-state index contributed by atoms with van der Waals surface area (Å²) in [4.78, 5) is 20.8. The number of hydrogen-bond donors (Lipinski definition) is 2. The predicted octanol–water partition coefficient (Wildman–Crippen LogP) is 4.16. The largest absolute Gasteiger partial charge is 0.496 e. The zero-order chi connectivity index (χ0) is 22.9. The summed E-state index contributed by atoms with van der Waals surface area (Å²) < 4.78 is 20.7. The standard InChI is InChI=1S/C23H25ClFN5O2/c1-3-30(9-5-8-19(30)22(26)31)12-14-10-15-18(11-20(14)32-2)27-13-28-23(15)29-17-7-4-6-16(24)21(17)25/h4,6-7,10-11,13,19H,3,5,8-9,12H2,1-2H3,(H2-,26,27,28,29,31)/p+1/t19-,30?/m1/s1. The van der Waals surface area contributed by atoms with Crippen LogP contribution in [0.25, 0.3) is 10.9 Å². The van der Waals surface area contributed by atoms with E-state index >= 15 is 0 Å². The molecule has 1 aliphatic heterocycles. The number of nitrogens with two attached hydrogens (primary N) is 1. The number of ether oxygens (including phenoxy) is 1. The van der Waals surface area contributed by atoms with Gasteiger partial charge in [-0.2, -0.15) is 0 Å². The van der Waals surface area contributed by atoms with Crippen molar-refractivity contribution in [3.05, 3.63) is 53.1 Å². The summed E-state index contributed by atoms with van der Waals surface area (Å²) in [6, 6.07) is 8.31. The van der Waals surface area contributed by atoms with Gasteiger partial charge in [-0.3, -0.25) is 4.79 Å². The number of rotatable bonds is 7. The SMILES string of the molecule is CC[N+]1(Cc2cc3c(Nc4cccc(Cl)c4F)ncnc3cc2OC)CCC[C@@H]1C(N)=O. The van der Waals surface area contributed by atoms with Gasteiger partial charge in [-0.1, -0.05) is 17.7 Å². The molecule has 2 atom stereocenters. The second-order valence-corrected chi connectivity index (χ2v) is 8.51. The minimum absolute atomic E-state index is 0.0247. The number of nitrogens with one attached hydrogen (secondary N) is 1. The number of quaternary nitrogens is 1. The number of anilines is 2. The van der Waals surface area contributed by atoms with Gasteiger partial charge in [-0.15, -0.1) is 0 Å². The summed E-state index contributed by atoms with van der Waals surface area (Å²) >= 11 is 5.92. The molecular formula is C23H26ClFN5O2+. The lowest BCUT2D eigenvalue weighted by Gasteiger charge is -2.38. The lowest BCUT2D eigenvalue weighted by atomic mass is 10.1. The number of carbonyl (C=O) groups excluding carboxylic acids is 1. The van der Waals surface area contributed by atoms with Crippen LogP contribution in [0.15, 0.2) is 36.7 Å². The fourth-order valence-electron chi connectivity index (χ4n) is 4.73. The molecule has 3 aromatic rings. The van der Waals surface area contributed by atoms with E-state index in [0.29, 0.717) is 33.5 Å². The highest BCUT2D eigenvalue weighted by Gasteiger charge is 2.44. The van der Waals surface area contributed by atoms with Crippen molar-refractivity contribution in [2.75, 3.05) is 25.5 Å². The topological polar surface area (TPSA) is 90.1 Å². The van der Waals surface area contributed by atoms with E-state index in [-0.39, 0.29) is 22.7 Å². The predicted molar refractivity (Wildman–Crippen MR) is 122 cm³/mol. The molecule has 2 aromatic carbocycles. The number of amides is 1. The molecule has 1 aromatic heterocycles. The fourth-order valence-corrected chi connectivity index (χ4v) is 4.90. The Morgan fingerprint density at radius 2 is 2.19 bits per heavy atom. The number of likely N-dealkylation sites (N-methyl/N-ethyl adjacent to an activating group) is 1. The molecular weight excluding hydrogens is 433 g/mol. The molecule has 3 N–H and O–H groups in total. The molecule has 0 saturated carbocycles. The third kappa shape index (κ3) is 3.96. The van der Waals surface area contributed by atoms with E-state index in [0.717, 1.165) is 31.5 Å². The quantitative estimate of drug-likeness (QED) is 0.519. The molecule has 168 valence electrons. The molecule has 9 heteroatoms. The van der Waals surface area contributed by atoms with Crippen LogP contribution in [0.2, 0.25) is 5.02 Å². The van der Waals surface area contributed by atoms with Crippen molar-refractivity contribution in [3.8, 4) is 5.75 Å². The van der Waals surface area contributed by atoms with E-state index in [2.05, 4.69) is 22.2 Å². The lowest BCUT2D eigenvalue weighted by molar-refractivity contribution is -0.942. The molecule has 4 rings (SSSR count). The van der Waals surface area contributed by atoms with Crippen LogP contribution >= 0.6 is 11.6 Å². The average molecular weight is 459 g/mol. The Bertz CT molecular complexity index is 1170. The fraction of sp³-hybridized carbons (Fsp3) is 0.348. The Balaban J connectivity index is 1.79. The summed E-state index contributed by atoms with van der Waals surface area (Å²) in [7, 11) is 1.61.